The van der Waals surface area contributed by atoms with Crippen molar-refractivity contribution in [2.45, 2.75) is 45.3 Å². The lowest BCUT2D eigenvalue weighted by molar-refractivity contribution is -0.139. The molecule has 2 unspecified atom stereocenters. The number of aliphatic hydroxyl groups excluding tert-OH is 1. The fourth-order valence-corrected chi connectivity index (χ4v) is 1.56. The fraction of sp³-hybridized carbons (Fsp3) is 0.750. The topological polar surface area (TPSA) is 59.1 Å². The lowest BCUT2D eigenvalue weighted by Crippen LogP contribution is -2.15. The van der Waals surface area contributed by atoms with Gasteiger partial charge in [0.05, 0.1) is 12.7 Å². The molecule has 2 atom stereocenters. The van der Waals surface area contributed by atoms with Gasteiger partial charge in [-0.1, -0.05) is 5.57 Å². The standard InChI is InChI=1S/C12H20O4/c1-9(6-7-15-10(2)14)4-5-11-12(3,8-13)16-11/h6,11,13H,4-5,7-8H2,1-3H3/b9-6+. The van der Waals surface area contributed by atoms with Crippen molar-refractivity contribution in [2.24, 2.45) is 0 Å². The van der Waals surface area contributed by atoms with Crippen molar-refractivity contribution in [2.75, 3.05) is 13.2 Å². The van der Waals surface area contributed by atoms with Crippen molar-refractivity contribution in [1.29, 1.82) is 0 Å². The molecule has 0 aliphatic carbocycles. The van der Waals surface area contributed by atoms with Crippen LogP contribution in [0.5, 0.6) is 0 Å². The van der Waals surface area contributed by atoms with Gasteiger partial charge in [0.25, 0.3) is 0 Å². The largest absolute Gasteiger partial charge is 0.462 e. The number of hydrogen-bond donors (Lipinski definition) is 1. The first kappa shape index (κ1) is 13.2. The molecule has 0 aromatic rings. The van der Waals surface area contributed by atoms with E-state index in [0.717, 1.165) is 12.8 Å². The van der Waals surface area contributed by atoms with Gasteiger partial charge in [0.15, 0.2) is 0 Å². The molecule has 4 heteroatoms. The predicted molar refractivity (Wildman–Crippen MR) is 60.0 cm³/mol. The van der Waals surface area contributed by atoms with Crippen LogP contribution in [0.15, 0.2) is 11.6 Å². The molecule has 1 heterocycles. The second kappa shape index (κ2) is 5.46. The highest BCUT2D eigenvalue weighted by Gasteiger charge is 2.50. The first-order valence-corrected chi connectivity index (χ1v) is 5.55. The molecule has 1 aliphatic heterocycles. The van der Waals surface area contributed by atoms with Crippen LogP contribution < -0.4 is 0 Å². The van der Waals surface area contributed by atoms with Crippen LogP contribution in [0.2, 0.25) is 0 Å². The summed E-state index contributed by atoms with van der Waals surface area (Å²) >= 11 is 0. The minimum absolute atomic E-state index is 0.0773. The van der Waals surface area contributed by atoms with E-state index in [1.807, 2.05) is 19.9 Å². The molecule has 0 bridgehead atoms. The van der Waals surface area contributed by atoms with Crippen LogP contribution in [-0.4, -0.2) is 36.0 Å². The van der Waals surface area contributed by atoms with Crippen molar-refractivity contribution in [3.63, 3.8) is 0 Å². The Morgan fingerprint density at radius 1 is 1.56 bits per heavy atom. The maximum absolute atomic E-state index is 10.5. The molecule has 1 N–H and O–H groups in total. The first-order chi connectivity index (χ1) is 7.48. The van der Waals surface area contributed by atoms with Crippen LogP contribution in [0.25, 0.3) is 0 Å². The third-order valence-electron chi connectivity index (χ3n) is 2.87. The smallest absolute Gasteiger partial charge is 0.302 e. The van der Waals surface area contributed by atoms with E-state index in [9.17, 15) is 4.79 Å². The zero-order valence-corrected chi connectivity index (χ0v) is 10.2. The summed E-state index contributed by atoms with van der Waals surface area (Å²) in [5.74, 6) is -0.262. The van der Waals surface area contributed by atoms with Gasteiger partial charge in [0, 0.05) is 6.92 Å². The summed E-state index contributed by atoms with van der Waals surface area (Å²) in [5.41, 5.74) is 0.855. The van der Waals surface area contributed by atoms with Gasteiger partial charge < -0.3 is 14.6 Å². The van der Waals surface area contributed by atoms with Crippen molar-refractivity contribution in [3.05, 3.63) is 11.6 Å². The van der Waals surface area contributed by atoms with Crippen LogP contribution in [-0.2, 0) is 14.3 Å². The number of rotatable bonds is 6. The van der Waals surface area contributed by atoms with E-state index in [-0.39, 0.29) is 24.3 Å². The number of hydrogen-bond acceptors (Lipinski definition) is 4. The second-order valence-electron chi connectivity index (χ2n) is 4.47. The molecule has 0 saturated carbocycles. The van der Waals surface area contributed by atoms with Gasteiger partial charge in [-0.15, -0.1) is 0 Å². The maximum atomic E-state index is 10.5. The minimum atomic E-state index is -0.323. The maximum Gasteiger partial charge on any atom is 0.302 e. The van der Waals surface area contributed by atoms with E-state index < -0.39 is 0 Å². The zero-order valence-electron chi connectivity index (χ0n) is 10.2. The zero-order chi connectivity index (χ0) is 12.2. The quantitative estimate of drug-likeness (QED) is 0.424. The predicted octanol–water partition coefficient (Wildman–Crippen LogP) is 1.43. The highest BCUT2D eigenvalue weighted by molar-refractivity contribution is 5.66. The van der Waals surface area contributed by atoms with E-state index in [1.165, 1.54) is 12.5 Å². The molecule has 0 aromatic carbocycles. The first-order valence-electron chi connectivity index (χ1n) is 5.55. The molecule has 16 heavy (non-hydrogen) atoms. The summed E-state index contributed by atoms with van der Waals surface area (Å²) in [6.45, 7) is 5.73. The van der Waals surface area contributed by atoms with Crippen LogP contribution in [0.1, 0.15) is 33.6 Å². The van der Waals surface area contributed by atoms with Gasteiger partial charge in [0.2, 0.25) is 0 Å². The number of epoxide rings is 1. The third-order valence-corrected chi connectivity index (χ3v) is 2.87. The summed E-state index contributed by atoms with van der Waals surface area (Å²) in [6.07, 6.45) is 3.87. The molecular formula is C12H20O4. The lowest BCUT2D eigenvalue weighted by Gasteiger charge is -2.02. The van der Waals surface area contributed by atoms with E-state index in [0.29, 0.717) is 6.61 Å². The van der Waals surface area contributed by atoms with Gasteiger partial charge in [-0.2, -0.15) is 0 Å². The number of carbonyl (C=O) groups excluding carboxylic acids is 1. The van der Waals surface area contributed by atoms with Gasteiger partial charge in [-0.25, -0.2) is 0 Å². The Kier molecular flexibility index (Phi) is 4.50. The Hall–Kier alpha value is -0.870. The van der Waals surface area contributed by atoms with Gasteiger partial charge in [-0.05, 0) is 32.8 Å². The number of esters is 1. The normalized spacial score (nSPS) is 29.0. The van der Waals surface area contributed by atoms with Crippen molar-refractivity contribution in [1.82, 2.24) is 0 Å². The third kappa shape index (κ3) is 3.94. The van der Waals surface area contributed by atoms with E-state index in [2.05, 4.69) is 0 Å². The molecule has 0 spiro atoms. The summed E-state index contributed by atoms with van der Waals surface area (Å²) in [4.78, 5) is 10.5. The van der Waals surface area contributed by atoms with Gasteiger partial charge >= 0.3 is 5.97 Å². The highest BCUT2D eigenvalue weighted by atomic mass is 16.6. The SMILES string of the molecule is CC(=O)OC/C=C(\C)CCC1OC1(C)CO. The number of aliphatic hydroxyl groups is 1. The molecular weight excluding hydrogens is 208 g/mol. The molecule has 0 amide bonds. The van der Waals surface area contributed by atoms with E-state index >= 15 is 0 Å². The van der Waals surface area contributed by atoms with Crippen LogP contribution in [0.4, 0.5) is 0 Å². The average Bonchev–Trinajstić information content (AvgIpc) is 2.87. The summed E-state index contributed by atoms with van der Waals surface area (Å²) in [7, 11) is 0. The van der Waals surface area contributed by atoms with Crippen LogP contribution in [0.3, 0.4) is 0 Å². The Morgan fingerprint density at radius 2 is 2.25 bits per heavy atom. The Morgan fingerprint density at radius 3 is 2.75 bits per heavy atom. The molecule has 1 aliphatic rings. The highest BCUT2D eigenvalue weighted by Crippen LogP contribution is 2.39. The summed E-state index contributed by atoms with van der Waals surface area (Å²) < 4.78 is 10.2. The van der Waals surface area contributed by atoms with Crippen molar-refractivity contribution >= 4 is 5.97 Å². The average molecular weight is 228 g/mol. The molecule has 92 valence electrons. The monoisotopic (exact) mass is 228 g/mol. The fourth-order valence-electron chi connectivity index (χ4n) is 1.56. The lowest BCUT2D eigenvalue weighted by atomic mass is 10.0. The second-order valence-corrected chi connectivity index (χ2v) is 4.47. The Labute approximate surface area is 96.2 Å². The summed E-state index contributed by atoms with van der Waals surface area (Å²) in [6, 6.07) is 0. The number of allylic oxidation sites excluding steroid dienone is 1. The molecule has 0 aromatic heterocycles. The molecule has 1 fully saturated rings. The molecule has 1 saturated heterocycles. The van der Waals surface area contributed by atoms with Gasteiger partial charge in [-0.3, -0.25) is 4.79 Å². The summed E-state index contributed by atoms with van der Waals surface area (Å²) in [5, 5.41) is 9.01. The Bertz CT molecular complexity index is 285. The van der Waals surface area contributed by atoms with Crippen molar-refractivity contribution < 1.29 is 19.4 Å². The van der Waals surface area contributed by atoms with E-state index in [1.54, 1.807) is 0 Å². The number of carbonyl (C=O) groups is 1. The van der Waals surface area contributed by atoms with Crippen LogP contribution in [0, 0.1) is 0 Å². The van der Waals surface area contributed by atoms with Crippen molar-refractivity contribution in [3.8, 4) is 0 Å². The minimum Gasteiger partial charge on any atom is -0.462 e. The Balaban J connectivity index is 2.16. The van der Waals surface area contributed by atoms with Gasteiger partial charge in [0.1, 0.15) is 12.2 Å². The molecule has 1 rings (SSSR count). The van der Waals surface area contributed by atoms with Crippen LogP contribution >= 0.6 is 0 Å². The molecule has 0 radical (unpaired) electrons. The van der Waals surface area contributed by atoms with E-state index in [4.69, 9.17) is 14.6 Å². The molecule has 4 nitrogen and oxygen atoms in total. The number of ether oxygens (including phenoxy) is 2.